The van der Waals surface area contributed by atoms with Gasteiger partial charge in [0, 0.05) is 0 Å². The summed E-state index contributed by atoms with van der Waals surface area (Å²) in [6.07, 6.45) is -6.11. The van der Waals surface area contributed by atoms with Crippen LogP contribution in [0.2, 0.25) is 0 Å². The Balaban J connectivity index is 2.43. The number of carbonyl (C=O) groups excluding carboxylic acids is 1. The topological polar surface area (TPSA) is 38.3 Å². The fraction of sp³-hybridized carbons (Fsp3) is 0.417. The van der Waals surface area contributed by atoms with Crippen molar-refractivity contribution < 1.29 is 27.1 Å². The second-order valence-electron chi connectivity index (χ2n) is 4.35. The predicted molar refractivity (Wildman–Crippen MR) is 58.1 cm³/mol. The summed E-state index contributed by atoms with van der Waals surface area (Å²) in [6, 6.07) is 2.43. The van der Waals surface area contributed by atoms with Crippen LogP contribution in [0, 0.1) is 0 Å². The van der Waals surface area contributed by atoms with Crippen LogP contribution in [0.1, 0.15) is 29.7 Å². The Morgan fingerprint density at radius 1 is 1.32 bits per heavy atom. The van der Waals surface area contributed by atoms with Gasteiger partial charge in [-0.2, -0.15) is 13.2 Å². The zero-order valence-corrected chi connectivity index (χ0v) is 9.92. The maximum Gasteiger partial charge on any atom is 0.416 e. The average Bonchev–Trinajstić information content (AvgIpc) is 2.66. The highest BCUT2D eigenvalue weighted by Crippen LogP contribution is 2.34. The molecule has 7 heteroatoms. The third-order valence-electron chi connectivity index (χ3n) is 2.86. The van der Waals surface area contributed by atoms with Crippen molar-refractivity contribution in [3.05, 3.63) is 34.9 Å². The van der Waals surface area contributed by atoms with E-state index in [1.807, 2.05) is 0 Å². The monoisotopic (exact) mass is 277 g/mol. The van der Waals surface area contributed by atoms with Gasteiger partial charge in [0.25, 0.3) is 0 Å². The molecular formula is C12H11F4NO2. The molecule has 0 saturated carbocycles. The summed E-state index contributed by atoms with van der Waals surface area (Å²) in [5.41, 5.74) is -0.916. The van der Waals surface area contributed by atoms with Crippen molar-refractivity contribution in [3.8, 4) is 0 Å². The fourth-order valence-electron chi connectivity index (χ4n) is 1.99. The van der Waals surface area contributed by atoms with Gasteiger partial charge in [-0.15, -0.1) is 0 Å². The Hall–Kier alpha value is -1.79. The highest BCUT2D eigenvalue weighted by Gasteiger charge is 2.36. The number of carbonyl (C=O) groups is 1. The molecule has 0 aliphatic carbocycles. The van der Waals surface area contributed by atoms with Gasteiger partial charge in [-0.1, -0.05) is 0 Å². The largest absolute Gasteiger partial charge is 0.439 e. The van der Waals surface area contributed by atoms with Crippen LogP contribution in [-0.2, 0) is 17.6 Å². The molecule has 0 bridgehead atoms. The summed E-state index contributed by atoms with van der Waals surface area (Å²) in [5.74, 6) is 0. The SMILES string of the molecule is C[C@@H]1NC(=O)O[C@@H]1c1cc(CF)cc(C(F)(F)F)c1. The number of rotatable bonds is 2. The lowest BCUT2D eigenvalue weighted by atomic mass is 9.98. The molecule has 19 heavy (non-hydrogen) atoms. The molecule has 0 spiro atoms. The van der Waals surface area contributed by atoms with Gasteiger partial charge in [-0.3, -0.25) is 0 Å². The van der Waals surface area contributed by atoms with Gasteiger partial charge in [-0.05, 0) is 36.2 Å². The van der Waals surface area contributed by atoms with Crippen molar-refractivity contribution in [2.45, 2.75) is 31.9 Å². The summed E-state index contributed by atoms with van der Waals surface area (Å²) < 4.78 is 55.6. The summed E-state index contributed by atoms with van der Waals surface area (Å²) >= 11 is 0. The van der Waals surface area contributed by atoms with Gasteiger partial charge < -0.3 is 10.1 Å². The number of alkyl carbamates (subject to hydrolysis) is 1. The summed E-state index contributed by atoms with van der Waals surface area (Å²) in [5, 5.41) is 2.42. The molecular weight excluding hydrogens is 266 g/mol. The smallest absolute Gasteiger partial charge is 0.416 e. The number of alkyl halides is 4. The van der Waals surface area contributed by atoms with E-state index >= 15 is 0 Å². The molecule has 1 aliphatic heterocycles. The molecule has 1 aromatic carbocycles. The first-order valence-corrected chi connectivity index (χ1v) is 5.55. The Morgan fingerprint density at radius 2 is 2.00 bits per heavy atom. The van der Waals surface area contributed by atoms with Crippen LogP contribution >= 0.6 is 0 Å². The Bertz CT molecular complexity index is 501. The van der Waals surface area contributed by atoms with Crippen molar-refractivity contribution in [2.24, 2.45) is 0 Å². The van der Waals surface area contributed by atoms with Crippen molar-refractivity contribution in [2.75, 3.05) is 0 Å². The number of halogens is 4. The summed E-state index contributed by atoms with van der Waals surface area (Å²) in [4.78, 5) is 11.0. The molecule has 104 valence electrons. The minimum atomic E-state index is -4.57. The van der Waals surface area contributed by atoms with E-state index < -0.39 is 36.7 Å². The van der Waals surface area contributed by atoms with Gasteiger partial charge in [0.05, 0.1) is 11.6 Å². The number of ether oxygens (including phenoxy) is 1. The Kier molecular flexibility index (Phi) is 3.38. The molecule has 1 N–H and O–H groups in total. The van der Waals surface area contributed by atoms with Crippen molar-refractivity contribution >= 4 is 6.09 Å². The standard InChI is InChI=1S/C12H11F4NO2/c1-6-10(19-11(18)17-6)8-2-7(5-13)3-9(4-8)12(14,15)16/h2-4,6,10H,5H2,1H3,(H,17,18)/t6-,10-/m0/s1. The summed E-state index contributed by atoms with van der Waals surface area (Å²) in [6.45, 7) is 0.588. The maximum atomic E-state index is 12.7. The number of benzene rings is 1. The lowest BCUT2D eigenvalue weighted by molar-refractivity contribution is -0.137. The third-order valence-corrected chi connectivity index (χ3v) is 2.86. The van der Waals surface area contributed by atoms with E-state index in [1.54, 1.807) is 6.92 Å². The zero-order chi connectivity index (χ0) is 14.2. The number of hydrogen-bond acceptors (Lipinski definition) is 2. The predicted octanol–water partition coefficient (Wildman–Crippen LogP) is 3.34. The number of hydrogen-bond donors (Lipinski definition) is 1. The fourth-order valence-corrected chi connectivity index (χ4v) is 1.99. The molecule has 1 fully saturated rings. The van der Waals surface area contributed by atoms with E-state index in [0.717, 1.165) is 12.1 Å². The number of nitrogens with one attached hydrogen (secondary N) is 1. The second-order valence-corrected chi connectivity index (χ2v) is 4.35. The summed E-state index contributed by atoms with van der Waals surface area (Å²) in [7, 11) is 0. The van der Waals surface area contributed by atoms with E-state index in [1.165, 1.54) is 6.07 Å². The molecule has 0 aromatic heterocycles. The highest BCUT2D eigenvalue weighted by molar-refractivity contribution is 5.70. The van der Waals surface area contributed by atoms with Gasteiger partial charge in [0.1, 0.15) is 12.8 Å². The van der Waals surface area contributed by atoms with Crippen molar-refractivity contribution in [1.82, 2.24) is 5.32 Å². The van der Waals surface area contributed by atoms with E-state index in [2.05, 4.69) is 5.32 Å². The third kappa shape index (κ3) is 2.80. The highest BCUT2D eigenvalue weighted by atomic mass is 19.4. The molecule has 1 aromatic rings. The Labute approximate surface area is 106 Å². The van der Waals surface area contributed by atoms with Crippen LogP contribution in [0.5, 0.6) is 0 Å². The second kappa shape index (κ2) is 4.71. The van der Waals surface area contributed by atoms with Gasteiger partial charge in [0.2, 0.25) is 0 Å². The quantitative estimate of drug-likeness (QED) is 0.842. The van der Waals surface area contributed by atoms with E-state index in [9.17, 15) is 22.4 Å². The average molecular weight is 277 g/mol. The van der Waals surface area contributed by atoms with Crippen molar-refractivity contribution in [3.63, 3.8) is 0 Å². The molecule has 0 unspecified atom stereocenters. The lowest BCUT2D eigenvalue weighted by Crippen LogP contribution is -2.24. The van der Waals surface area contributed by atoms with Crippen LogP contribution in [0.3, 0.4) is 0 Å². The zero-order valence-electron chi connectivity index (χ0n) is 9.92. The first-order chi connectivity index (χ1) is 8.81. The van der Waals surface area contributed by atoms with Gasteiger partial charge in [-0.25, -0.2) is 9.18 Å². The van der Waals surface area contributed by atoms with Crippen LogP contribution in [0.4, 0.5) is 22.4 Å². The lowest BCUT2D eigenvalue weighted by Gasteiger charge is -2.16. The van der Waals surface area contributed by atoms with Crippen LogP contribution in [-0.4, -0.2) is 12.1 Å². The molecule has 0 radical (unpaired) electrons. The van der Waals surface area contributed by atoms with Gasteiger partial charge in [0.15, 0.2) is 0 Å². The minimum Gasteiger partial charge on any atom is -0.439 e. The molecule has 1 amide bonds. The van der Waals surface area contributed by atoms with Crippen molar-refractivity contribution in [1.29, 1.82) is 0 Å². The van der Waals surface area contributed by atoms with Crippen LogP contribution < -0.4 is 5.32 Å². The molecule has 2 rings (SSSR count). The van der Waals surface area contributed by atoms with E-state index in [0.29, 0.717) is 0 Å². The minimum absolute atomic E-state index is 0.0972. The molecule has 1 heterocycles. The van der Waals surface area contributed by atoms with Gasteiger partial charge >= 0.3 is 12.3 Å². The van der Waals surface area contributed by atoms with E-state index in [-0.39, 0.29) is 11.1 Å². The Morgan fingerprint density at radius 3 is 2.47 bits per heavy atom. The molecule has 2 atom stereocenters. The maximum absolute atomic E-state index is 12.7. The molecule has 3 nitrogen and oxygen atoms in total. The van der Waals surface area contributed by atoms with Crippen LogP contribution in [0.25, 0.3) is 0 Å². The number of cyclic esters (lactones) is 1. The number of amides is 1. The van der Waals surface area contributed by atoms with E-state index in [4.69, 9.17) is 4.74 Å². The normalized spacial score (nSPS) is 23.1. The first-order valence-electron chi connectivity index (χ1n) is 5.55. The molecule has 1 aliphatic rings. The first kappa shape index (κ1) is 13.6. The van der Waals surface area contributed by atoms with Crippen LogP contribution in [0.15, 0.2) is 18.2 Å². The molecule has 1 saturated heterocycles.